The second-order valence-electron chi connectivity index (χ2n) is 7.43. The molecule has 0 atom stereocenters. The lowest BCUT2D eigenvalue weighted by atomic mass is 10.1. The molecule has 8 nitrogen and oxygen atoms in total. The second-order valence-corrected chi connectivity index (χ2v) is 8.42. The van der Waals surface area contributed by atoms with Crippen LogP contribution in [0.4, 0.5) is 10.5 Å². The molecule has 0 saturated carbocycles. The number of nitrogens with one attached hydrogen (secondary N) is 2. The van der Waals surface area contributed by atoms with Crippen LogP contribution in [-0.4, -0.2) is 54.5 Å². The first-order valence-corrected chi connectivity index (χ1v) is 11.2. The highest BCUT2D eigenvalue weighted by Gasteiger charge is 2.18. The molecule has 3 heterocycles. The van der Waals surface area contributed by atoms with Crippen LogP contribution < -0.4 is 21.5 Å². The van der Waals surface area contributed by atoms with Crippen LogP contribution in [0.1, 0.15) is 29.5 Å². The number of hydrogen-bond acceptors (Lipinski definition) is 6. The molecule has 0 spiro atoms. The molecule has 0 radical (unpaired) electrons. The molecule has 0 unspecified atom stereocenters. The highest BCUT2D eigenvalue weighted by Crippen LogP contribution is 2.19. The number of urea groups is 1. The molecule has 30 heavy (non-hydrogen) atoms. The Hall–Kier alpha value is -2.65. The predicted molar refractivity (Wildman–Crippen MR) is 119 cm³/mol. The van der Waals surface area contributed by atoms with Crippen LogP contribution in [0.25, 0.3) is 0 Å². The van der Waals surface area contributed by atoms with Crippen molar-refractivity contribution in [2.24, 2.45) is 5.84 Å². The molecule has 1 fully saturated rings. The number of pyridine rings is 1. The highest BCUT2D eigenvalue weighted by atomic mass is 32.1. The number of nitrogens with two attached hydrogens (primary N) is 1. The van der Waals surface area contributed by atoms with Gasteiger partial charge in [0.05, 0.1) is 11.9 Å². The van der Waals surface area contributed by atoms with E-state index in [4.69, 9.17) is 5.84 Å². The summed E-state index contributed by atoms with van der Waals surface area (Å²) in [6.45, 7) is 5.48. The number of rotatable bonds is 8. The molecule has 0 aliphatic carbocycles. The minimum Gasteiger partial charge on any atom is -0.367 e. The van der Waals surface area contributed by atoms with Gasteiger partial charge in [-0.1, -0.05) is 0 Å². The Morgan fingerprint density at radius 2 is 1.97 bits per heavy atom. The fourth-order valence-corrected chi connectivity index (χ4v) is 4.48. The summed E-state index contributed by atoms with van der Waals surface area (Å²) in [6.07, 6.45) is 5.65. The lowest BCUT2D eigenvalue weighted by Gasteiger charge is -2.35. The summed E-state index contributed by atoms with van der Waals surface area (Å²) in [7, 11) is 0. The summed E-state index contributed by atoms with van der Waals surface area (Å²) in [5, 5.41) is 4.90. The second kappa shape index (κ2) is 10.9. The van der Waals surface area contributed by atoms with E-state index in [1.807, 2.05) is 11.1 Å². The van der Waals surface area contributed by atoms with Crippen LogP contribution in [0.5, 0.6) is 0 Å². The van der Waals surface area contributed by atoms with Crippen molar-refractivity contribution in [3.8, 4) is 0 Å². The SMILES string of the molecule is CC(=O)N1CCN(c2ccc(CCc3csc(CCCNC(=O)NN)c3)nc2)CC1. The topological polar surface area (TPSA) is 104 Å². The first-order valence-electron chi connectivity index (χ1n) is 10.3. The van der Waals surface area contributed by atoms with Crippen molar-refractivity contribution in [1.82, 2.24) is 20.6 Å². The normalized spacial score (nSPS) is 13.9. The number of nitrogens with zero attached hydrogens (tertiary/aromatic N) is 3. The summed E-state index contributed by atoms with van der Waals surface area (Å²) < 4.78 is 0. The smallest absolute Gasteiger partial charge is 0.328 e. The van der Waals surface area contributed by atoms with Gasteiger partial charge in [-0.25, -0.2) is 10.6 Å². The van der Waals surface area contributed by atoms with Crippen molar-refractivity contribution in [2.45, 2.75) is 32.6 Å². The average Bonchev–Trinajstić information content (AvgIpc) is 3.23. The summed E-state index contributed by atoms with van der Waals surface area (Å²) in [6, 6.07) is 6.14. The summed E-state index contributed by atoms with van der Waals surface area (Å²) >= 11 is 1.76. The number of thiophene rings is 1. The van der Waals surface area contributed by atoms with E-state index >= 15 is 0 Å². The van der Waals surface area contributed by atoms with Crippen molar-refractivity contribution < 1.29 is 9.59 Å². The van der Waals surface area contributed by atoms with Crippen LogP contribution in [-0.2, 0) is 24.1 Å². The third kappa shape index (κ3) is 6.43. The largest absolute Gasteiger partial charge is 0.367 e. The van der Waals surface area contributed by atoms with E-state index in [2.05, 4.69) is 44.2 Å². The molecule has 1 aliphatic heterocycles. The zero-order valence-corrected chi connectivity index (χ0v) is 18.2. The Morgan fingerprint density at radius 1 is 1.17 bits per heavy atom. The van der Waals surface area contributed by atoms with E-state index in [0.717, 1.165) is 63.2 Å². The van der Waals surface area contributed by atoms with Crippen LogP contribution in [0, 0.1) is 0 Å². The minimum absolute atomic E-state index is 0.148. The van der Waals surface area contributed by atoms with Crippen LogP contribution >= 0.6 is 11.3 Å². The Kier molecular flexibility index (Phi) is 8.04. The fourth-order valence-electron chi connectivity index (χ4n) is 3.51. The van der Waals surface area contributed by atoms with E-state index in [9.17, 15) is 9.59 Å². The Bertz CT molecular complexity index is 830. The standard InChI is InChI=1S/C21H30N6O2S/c1-16(28)26-9-11-27(12-10-26)19-7-6-18(24-14-19)5-4-17-13-20(30-15-17)3-2-8-23-21(29)25-22/h6-7,13-15H,2-5,8-12,22H2,1H3,(H2,23,25,29). The maximum atomic E-state index is 11.5. The van der Waals surface area contributed by atoms with Gasteiger partial charge in [0, 0.05) is 50.2 Å². The zero-order chi connectivity index (χ0) is 21.3. The number of aromatic nitrogens is 1. The van der Waals surface area contributed by atoms with Gasteiger partial charge in [0.1, 0.15) is 0 Å². The van der Waals surface area contributed by atoms with Gasteiger partial charge in [-0.05, 0) is 54.8 Å². The average molecular weight is 431 g/mol. The van der Waals surface area contributed by atoms with Gasteiger partial charge in [0.25, 0.3) is 0 Å². The quantitative estimate of drug-likeness (QED) is 0.256. The number of carbonyl (C=O) groups excluding carboxylic acids is 2. The Morgan fingerprint density at radius 3 is 2.63 bits per heavy atom. The lowest BCUT2D eigenvalue weighted by molar-refractivity contribution is -0.129. The molecule has 2 aromatic rings. The molecule has 0 bridgehead atoms. The third-order valence-corrected chi connectivity index (χ3v) is 6.34. The number of anilines is 1. The number of amides is 3. The monoisotopic (exact) mass is 430 g/mol. The predicted octanol–water partition coefficient (Wildman–Crippen LogP) is 1.70. The lowest BCUT2D eigenvalue weighted by Crippen LogP contribution is -2.48. The number of carbonyl (C=O) groups is 2. The summed E-state index contributed by atoms with van der Waals surface area (Å²) in [5.74, 6) is 5.18. The van der Waals surface area contributed by atoms with Gasteiger partial charge in [-0.2, -0.15) is 0 Å². The molecular weight excluding hydrogens is 400 g/mol. The number of aryl methyl sites for hydroxylation is 3. The van der Waals surface area contributed by atoms with E-state index in [1.165, 1.54) is 10.4 Å². The maximum Gasteiger partial charge on any atom is 0.328 e. The highest BCUT2D eigenvalue weighted by molar-refractivity contribution is 7.10. The molecular formula is C21H30N6O2S. The van der Waals surface area contributed by atoms with Crippen LogP contribution in [0.2, 0.25) is 0 Å². The minimum atomic E-state index is -0.348. The first kappa shape index (κ1) is 22.0. The van der Waals surface area contributed by atoms with Gasteiger partial charge in [0.2, 0.25) is 5.91 Å². The van der Waals surface area contributed by atoms with Gasteiger partial charge >= 0.3 is 6.03 Å². The van der Waals surface area contributed by atoms with Crippen molar-refractivity contribution in [3.63, 3.8) is 0 Å². The zero-order valence-electron chi connectivity index (χ0n) is 17.4. The van der Waals surface area contributed by atoms with Crippen LogP contribution in [0.15, 0.2) is 29.8 Å². The molecule has 0 aromatic carbocycles. The molecule has 9 heteroatoms. The molecule has 4 N–H and O–H groups in total. The fraction of sp³-hybridized carbons (Fsp3) is 0.476. The molecule has 1 aliphatic rings. The summed E-state index contributed by atoms with van der Waals surface area (Å²) in [4.78, 5) is 32.6. The van der Waals surface area contributed by atoms with Crippen molar-refractivity contribution >= 4 is 29.0 Å². The number of piperazine rings is 1. The van der Waals surface area contributed by atoms with Crippen molar-refractivity contribution in [3.05, 3.63) is 45.9 Å². The van der Waals surface area contributed by atoms with Gasteiger partial charge in [-0.3, -0.25) is 15.2 Å². The first-order chi connectivity index (χ1) is 14.5. The third-order valence-electron chi connectivity index (χ3n) is 5.29. The maximum absolute atomic E-state index is 11.5. The molecule has 1 saturated heterocycles. The molecule has 3 amide bonds. The Labute approximate surface area is 181 Å². The van der Waals surface area contributed by atoms with Gasteiger partial charge in [0.15, 0.2) is 0 Å². The molecule has 2 aromatic heterocycles. The molecule has 3 rings (SSSR count). The van der Waals surface area contributed by atoms with Crippen molar-refractivity contribution in [1.29, 1.82) is 0 Å². The van der Waals surface area contributed by atoms with Crippen molar-refractivity contribution in [2.75, 3.05) is 37.6 Å². The van der Waals surface area contributed by atoms with Gasteiger partial charge < -0.3 is 15.1 Å². The number of hydrogen-bond donors (Lipinski definition) is 3. The van der Waals surface area contributed by atoms with E-state index in [1.54, 1.807) is 18.3 Å². The Balaban J connectivity index is 1.41. The van der Waals surface area contributed by atoms with E-state index in [0.29, 0.717) is 6.54 Å². The number of hydrazine groups is 1. The summed E-state index contributed by atoms with van der Waals surface area (Å²) in [5.41, 5.74) is 5.60. The molecule has 162 valence electrons. The van der Waals surface area contributed by atoms with E-state index in [-0.39, 0.29) is 11.9 Å². The van der Waals surface area contributed by atoms with Gasteiger partial charge in [-0.15, -0.1) is 11.3 Å². The van der Waals surface area contributed by atoms with E-state index < -0.39 is 0 Å². The van der Waals surface area contributed by atoms with Crippen LogP contribution in [0.3, 0.4) is 0 Å².